The van der Waals surface area contributed by atoms with Crippen molar-refractivity contribution in [3.8, 4) is 5.95 Å². The van der Waals surface area contributed by atoms with Crippen LogP contribution in [0.4, 0.5) is 0 Å². The molecule has 2 aromatic carbocycles. The first kappa shape index (κ1) is 28.5. The van der Waals surface area contributed by atoms with Crippen LogP contribution in [0.25, 0.3) is 5.95 Å². The fourth-order valence-corrected chi connectivity index (χ4v) is 6.79. The molecule has 2 aliphatic heterocycles. The van der Waals surface area contributed by atoms with E-state index in [2.05, 4.69) is 32.1 Å². The predicted octanol–water partition coefficient (Wildman–Crippen LogP) is 4.73. The quantitative estimate of drug-likeness (QED) is 0.301. The summed E-state index contributed by atoms with van der Waals surface area (Å²) in [5, 5.41) is 5.05. The summed E-state index contributed by atoms with van der Waals surface area (Å²) < 4.78 is 25.3. The number of likely N-dealkylation sites (tertiary alicyclic amines) is 2. The zero-order valence-electron chi connectivity index (χ0n) is 23.4. The second-order valence-corrected chi connectivity index (χ2v) is 13.6. The molecule has 1 atom stereocenters. The van der Waals surface area contributed by atoms with Crippen LogP contribution < -0.4 is 0 Å². The Hall–Kier alpha value is -3.60. The van der Waals surface area contributed by atoms with Gasteiger partial charge >= 0.3 is 0 Å². The Morgan fingerprint density at radius 2 is 1.57 bits per heavy atom. The maximum atomic E-state index is 13.9. The molecule has 42 heavy (non-hydrogen) atoms. The van der Waals surface area contributed by atoms with Gasteiger partial charge in [-0.15, -0.1) is 0 Å². The van der Waals surface area contributed by atoms with Gasteiger partial charge in [-0.3, -0.25) is 9.69 Å². The Kier molecular flexibility index (Phi) is 8.11. The van der Waals surface area contributed by atoms with Crippen molar-refractivity contribution in [2.24, 2.45) is 0 Å². The van der Waals surface area contributed by atoms with Gasteiger partial charge in [0, 0.05) is 37.7 Å². The van der Waals surface area contributed by atoms with Crippen LogP contribution in [0.1, 0.15) is 58.3 Å². The molecule has 0 N–H and O–H groups in total. The molecule has 2 saturated heterocycles. The highest BCUT2D eigenvalue weighted by atomic mass is 35.5. The average Bonchev–Trinajstić information content (AvgIpc) is 3.67. The summed E-state index contributed by atoms with van der Waals surface area (Å²) in [6, 6.07) is 17.5. The summed E-state index contributed by atoms with van der Waals surface area (Å²) >= 11 is 6.06. The first-order valence-corrected chi connectivity index (χ1v) is 16.4. The van der Waals surface area contributed by atoms with Gasteiger partial charge in [-0.2, -0.15) is 5.10 Å². The molecule has 0 spiro atoms. The SMILES string of the molecule is CS(=O)(=O)c1ccc(CN2CCC(c3c(C(=O)N4CC[C@H](c5ccccc5)C4)cnn3-c3ncc(Cl)cn3)CC2)cc1. The summed E-state index contributed by atoms with van der Waals surface area (Å²) in [6.07, 6.45) is 8.58. The van der Waals surface area contributed by atoms with Crippen LogP contribution in [-0.4, -0.2) is 76.3 Å². The van der Waals surface area contributed by atoms with E-state index < -0.39 is 9.84 Å². The average molecular weight is 605 g/mol. The van der Waals surface area contributed by atoms with E-state index in [-0.39, 0.29) is 11.8 Å². The van der Waals surface area contributed by atoms with Crippen molar-refractivity contribution < 1.29 is 13.2 Å². The molecular formula is C31H33ClN6O3S. The number of rotatable bonds is 7. The minimum Gasteiger partial charge on any atom is -0.338 e. The number of sulfone groups is 1. The van der Waals surface area contributed by atoms with Gasteiger partial charge in [-0.25, -0.2) is 23.1 Å². The molecule has 2 aromatic heterocycles. The summed E-state index contributed by atoms with van der Waals surface area (Å²) in [5.41, 5.74) is 3.79. The van der Waals surface area contributed by atoms with Crippen molar-refractivity contribution in [2.75, 3.05) is 32.4 Å². The third-order valence-corrected chi connectivity index (χ3v) is 9.64. The molecule has 2 fully saturated rings. The van der Waals surface area contributed by atoms with E-state index in [1.807, 2.05) is 35.2 Å². The number of carbonyl (C=O) groups is 1. The standard InChI is InChI=1S/C31H33ClN6O3S/c1-42(40,41)27-9-7-22(8-10-27)20-36-14-11-24(12-15-36)29-28(19-35-38(29)31-33-17-26(32)18-34-31)30(39)37-16-13-25(21-37)23-5-3-2-4-6-23/h2-10,17-19,24-25H,11-16,20-21H2,1H3/t25-/m0/s1. The van der Waals surface area contributed by atoms with Crippen molar-refractivity contribution in [3.05, 3.63) is 101 Å². The van der Waals surface area contributed by atoms with Crippen LogP contribution in [-0.2, 0) is 16.4 Å². The van der Waals surface area contributed by atoms with E-state index in [0.29, 0.717) is 40.4 Å². The monoisotopic (exact) mass is 604 g/mol. The Morgan fingerprint density at radius 1 is 0.905 bits per heavy atom. The van der Waals surface area contributed by atoms with Gasteiger partial charge < -0.3 is 4.90 Å². The van der Waals surface area contributed by atoms with E-state index >= 15 is 0 Å². The van der Waals surface area contributed by atoms with Gasteiger partial charge in [0.1, 0.15) is 0 Å². The minimum atomic E-state index is -3.22. The fourth-order valence-electron chi connectivity index (χ4n) is 6.07. The number of hydrogen-bond donors (Lipinski definition) is 0. The first-order chi connectivity index (χ1) is 20.3. The van der Waals surface area contributed by atoms with Crippen LogP contribution in [0.2, 0.25) is 5.02 Å². The van der Waals surface area contributed by atoms with E-state index in [0.717, 1.165) is 50.2 Å². The number of hydrogen-bond acceptors (Lipinski definition) is 7. The normalized spacial score (nSPS) is 18.4. The number of amides is 1. The smallest absolute Gasteiger partial charge is 0.257 e. The molecule has 11 heteroatoms. The van der Waals surface area contributed by atoms with E-state index in [1.54, 1.807) is 35.4 Å². The molecule has 6 rings (SSSR count). The molecule has 4 heterocycles. The maximum absolute atomic E-state index is 13.9. The van der Waals surface area contributed by atoms with E-state index in [4.69, 9.17) is 11.6 Å². The highest BCUT2D eigenvalue weighted by Gasteiger charge is 2.34. The van der Waals surface area contributed by atoms with Crippen LogP contribution in [0, 0.1) is 0 Å². The van der Waals surface area contributed by atoms with Crippen LogP contribution >= 0.6 is 11.6 Å². The van der Waals surface area contributed by atoms with Gasteiger partial charge in [0.15, 0.2) is 9.84 Å². The molecule has 4 aromatic rings. The Morgan fingerprint density at radius 3 is 2.24 bits per heavy atom. The third-order valence-electron chi connectivity index (χ3n) is 8.31. The number of piperidine rings is 1. The molecule has 9 nitrogen and oxygen atoms in total. The minimum absolute atomic E-state index is 0.00274. The highest BCUT2D eigenvalue weighted by molar-refractivity contribution is 7.90. The Balaban J connectivity index is 1.21. The lowest BCUT2D eigenvalue weighted by Gasteiger charge is -2.32. The van der Waals surface area contributed by atoms with Crippen molar-refractivity contribution >= 4 is 27.3 Å². The number of aromatic nitrogens is 4. The molecule has 2 aliphatic rings. The summed E-state index contributed by atoms with van der Waals surface area (Å²) in [7, 11) is -3.22. The van der Waals surface area contributed by atoms with E-state index in [1.165, 1.54) is 11.8 Å². The zero-order chi connectivity index (χ0) is 29.3. The fraction of sp³-hybridized carbons (Fsp3) is 0.355. The van der Waals surface area contributed by atoms with E-state index in [9.17, 15) is 13.2 Å². The lowest BCUT2D eigenvalue weighted by atomic mass is 9.90. The third kappa shape index (κ3) is 6.11. The lowest BCUT2D eigenvalue weighted by Crippen LogP contribution is -2.34. The van der Waals surface area contributed by atoms with Gasteiger partial charge in [0.2, 0.25) is 0 Å². The van der Waals surface area contributed by atoms with Crippen molar-refractivity contribution in [1.82, 2.24) is 29.5 Å². The van der Waals surface area contributed by atoms with Crippen molar-refractivity contribution in [3.63, 3.8) is 0 Å². The summed E-state index contributed by atoms with van der Waals surface area (Å²) in [5.74, 6) is 0.813. The van der Waals surface area contributed by atoms with Crippen molar-refractivity contribution in [1.29, 1.82) is 0 Å². The van der Waals surface area contributed by atoms with Crippen molar-refractivity contribution in [2.45, 2.75) is 42.5 Å². The van der Waals surface area contributed by atoms with Gasteiger partial charge in [-0.05, 0) is 55.6 Å². The topological polar surface area (TPSA) is 101 Å². The number of benzene rings is 2. The van der Waals surface area contributed by atoms with Crippen LogP contribution in [0.15, 0.2) is 78.1 Å². The maximum Gasteiger partial charge on any atom is 0.257 e. The van der Waals surface area contributed by atoms with Crippen LogP contribution in [0.3, 0.4) is 0 Å². The molecule has 0 aliphatic carbocycles. The summed E-state index contributed by atoms with van der Waals surface area (Å²) in [6.45, 7) is 3.78. The van der Waals surface area contributed by atoms with Gasteiger partial charge in [0.25, 0.3) is 11.9 Å². The number of carbonyl (C=O) groups excluding carboxylic acids is 1. The molecule has 0 saturated carbocycles. The lowest BCUT2D eigenvalue weighted by molar-refractivity contribution is 0.0788. The Bertz CT molecular complexity index is 1650. The van der Waals surface area contributed by atoms with Gasteiger partial charge in [-0.1, -0.05) is 54.1 Å². The molecular weight excluding hydrogens is 572 g/mol. The molecule has 1 amide bonds. The van der Waals surface area contributed by atoms with Crippen LogP contribution in [0.5, 0.6) is 0 Å². The predicted molar refractivity (Wildman–Crippen MR) is 161 cm³/mol. The highest BCUT2D eigenvalue weighted by Crippen LogP contribution is 2.34. The number of halogens is 1. The zero-order valence-corrected chi connectivity index (χ0v) is 25.0. The molecule has 0 radical (unpaired) electrons. The molecule has 0 unspecified atom stereocenters. The number of nitrogens with zero attached hydrogens (tertiary/aromatic N) is 6. The second-order valence-electron chi connectivity index (χ2n) is 11.2. The Labute approximate surface area is 251 Å². The summed E-state index contributed by atoms with van der Waals surface area (Å²) in [4.78, 5) is 27.4. The first-order valence-electron chi connectivity index (χ1n) is 14.2. The molecule has 218 valence electrons. The second kappa shape index (κ2) is 11.9. The largest absolute Gasteiger partial charge is 0.338 e. The molecule has 0 bridgehead atoms. The van der Waals surface area contributed by atoms with Gasteiger partial charge in [0.05, 0.1) is 39.8 Å².